The molecule has 2 aliphatic rings. The number of morpholine rings is 1. The summed E-state index contributed by atoms with van der Waals surface area (Å²) >= 11 is 0. The highest BCUT2D eigenvalue weighted by atomic mass is 16.5. The Hall–Kier alpha value is -1.06. The number of ether oxygens (including phenoxy) is 1. The molecule has 0 aromatic heterocycles. The summed E-state index contributed by atoms with van der Waals surface area (Å²) in [6.45, 7) is 9.62. The van der Waals surface area contributed by atoms with Crippen LogP contribution >= 0.6 is 0 Å². The molecule has 3 nitrogen and oxygen atoms in total. The van der Waals surface area contributed by atoms with Crippen molar-refractivity contribution < 1.29 is 4.74 Å². The number of anilines is 1. The minimum Gasteiger partial charge on any atom is -0.384 e. The number of nitrogens with one attached hydrogen (secondary N) is 1. The molecule has 1 saturated heterocycles. The molecule has 0 aliphatic carbocycles. The van der Waals surface area contributed by atoms with Gasteiger partial charge in [0.05, 0.1) is 13.2 Å². The van der Waals surface area contributed by atoms with Crippen LogP contribution in [0.15, 0.2) is 24.3 Å². The fourth-order valence-corrected chi connectivity index (χ4v) is 3.23. The molecule has 0 bridgehead atoms. The Balaban J connectivity index is 1.61. The Morgan fingerprint density at radius 2 is 2.21 bits per heavy atom. The number of nitrogens with zero attached hydrogens (tertiary/aromatic N) is 1. The van der Waals surface area contributed by atoms with Gasteiger partial charge in [0.15, 0.2) is 0 Å². The second-order valence-corrected chi connectivity index (χ2v) is 6.31. The van der Waals surface area contributed by atoms with Gasteiger partial charge in [-0.05, 0) is 38.4 Å². The summed E-state index contributed by atoms with van der Waals surface area (Å²) in [5.74, 6) is 0.662. The van der Waals surface area contributed by atoms with Gasteiger partial charge in [-0.3, -0.25) is 4.90 Å². The number of rotatable bonds is 3. The largest absolute Gasteiger partial charge is 0.384 e. The standard InChI is InChI=1S/C16H24N2O/c1-16(2)12-19-10-9-18(16)8-7-13-11-17-15-6-4-3-5-14(13)15/h3-6,13,17H,7-12H2,1-2H3. The van der Waals surface area contributed by atoms with Crippen molar-refractivity contribution >= 4 is 5.69 Å². The zero-order chi connectivity index (χ0) is 13.3. The molecule has 3 rings (SSSR count). The maximum atomic E-state index is 5.59. The molecule has 1 N–H and O–H groups in total. The van der Waals surface area contributed by atoms with E-state index in [0.717, 1.165) is 32.8 Å². The van der Waals surface area contributed by atoms with E-state index in [9.17, 15) is 0 Å². The van der Waals surface area contributed by atoms with Gasteiger partial charge in [0.1, 0.15) is 0 Å². The molecule has 3 heteroatoms. The summed E-state index contributed by atoms with van der Waals surface area (Å²) in [7, 11) is 0. The average Bonchev–Trinajstić information content (AvgIpc) is 2.80. The fraction of sp³-hybridized carbons (Fsp3) is 0.625. The fourth-order valence-electron chi connectivity index (χ4n) is 3.23. The zero-order valence-corrected chi connectivity index (χ0v) is 12.0. The summed E-state index contributed by atoms with van der Waals surface area (Å²) < 4.78 is 5.59. The number of hydrogen-bond acceptors (Lipinski definition) is 3. The molecular weight excluding hydrogens is 236 g/mol. The minimum absolute atomic E-state index is 0.184. The SMILES string of the molecule is CC1(C)COCCN1CCC1CNc2ccccc21. The van der Waals surface area contributed by atoms with Crippen molar-refractivity contribution in [2.45, 2.75) is 31.7 Å². The molecule has 1 atom stereocenters. The molecule has 19 heavy (non-hydrogen) atoms. The highest BCUT2D eigenvalue weighted by Gasteiger charge is 2.31. The monoisotopic (exact) mass is 260 g/mol. The van der Waals surface area contributed by atoms with E-state index in [4.69, 9.17) is 4.74 Å². The maximum Gasteiger partial charge on any atom is 0.0645 e. The average molecular weight is 260 g/mol. The highest BCUT2D eigenvalue weighted by Crippen LogP contribution is 2.34. The summed E-state index contributed by atoms with van der Waals surface area (Å²) in [4.78, 5) is 2.58. The third-order valence-electron chi connectivity index (χ3n) is 4.50. The van der Waals surface area contributed by atoms with E-state index in [1.165, 1.54) is 17.7 Å². The first-order chi connectivity index (χ1) is 9.17. The smallest absolute Gasteiger partial charge is 0.0645 e. The number of para-hydroxylation sites is 1. The van der Waals surface area contributed by atoms with Gasteiger partial charge in [0.2, 0.25) is 0 Å². The molecule has 1 aromatic carbocycles. The van der Waals surface area contributed by atoms with Crippen LogP contribution in [0.4, 0.5) is 5.69 Å². The van der Waals surface area contributed by atoms with Crippen LogP contribution in [-0.4, -0.2) is 43.3 Å². The number of benzene rings is 1. The molecule has 104 valence electrons. The van der Waals surface area contributed by atoms with Crippen molar-refractivity contribution in [1.29, 1.82) is 0 Å². The van der Waals surface area contributed by atoms with Crippen molar-refractivity contribution in [1.82, 2.24) is 4.90 Å². The van der Waals surface area contributed by atoms with E-state index in [1.54, 1.807) is 0 Å². The van der Waals surface area contributed by atoms with Crippen LogP contribution in [-0.2, 0) is 4.74 Å². The Morgan fingerprint density at radius 3 is 3.05 bits per heavy atom. The van der Waals surface area contributed by atoms with Gasteiger partial charge in [0.25, 0.3) is 0 Å². The zero-order valence-electron chi connectivity index (χ0n) is 12.0. The van der Waals surface area contributed by atoms with Crippen LogP contribution in [0.25, 0.3) is 0 Å². The Kier molecular flexibility index (Phi) is 3.50. The highest BCUT2D eigenvalue weighted by molar-refractivity contribution is 5.57. The molecule has 0 radical (unpaired) electrons. The number of hydrogen-bond donors (Lipinski definition) is 1. The minimum atomic E-state index is 0.184. The van der Waals surface area contributed by atoms with Crippen LogP contribution in [0.1, 0.15) is 31.7 Å². The molecule has 0 saturated carbocycles. The van der Waals surface area contributed by atoms with Crippen LogP contribution < -0.4 is 5.32 Å². The summed E-state index contributed by atoms with van der Waals surface area (Å²) in [6.07, 6.45) is 1.23. The predicted molar refractivity (Wildman–Crippen MR) is 78.8 cm³/mol. The van der Waals surface area contributed by atoms with Gasteiger partial charge in [0, 0.05) is 30.2 Å². The second-order valence-electron chi connectivity index (χ2n) is 6.31. The Labute approximate surface area is 115 Å². The molecule has 1 aromatic rings. The lowest BCUT2D eigenvalue weighted by atomic mass is 9.95. The first kappa shape index (κ1) is 12.9. The van der Waals surface area contributed by atoms with Crippen LogP contribution in [0.3, 0.4) is 0 Å². The first-order valence-corrected chi connectivity index (χ1v) is 7.32. The molecule has 2 aliphatic heterocycles. The van der Waals surface area contributed by atoms with Crippen LogP contribution in [0, 0.1) is 0 Å². The van der Waals surface area contributed by atoms with Gasteiger partial charge in [-0.25, -0.2) is 0 Å². The molecule has 2 heterocycles. The topological polar surface area (TPSA) is 24.5 Å². The van der Waals surface area contributed by atoms with Gasteiger partial charge >= 0.3 is 0 Å². The van der Waals surface area contributed by atoms with Crippen molar-refractivity contribution in [2.75, 3.05) is 38.2 Å². The maximum absolute atomic E-state index is 5.59. The van der Waals surface area contributed by atoms with Gasteiger partial charge in [-0.15, -0.1) is 0 Å². The molecule has 0 spiro atoms. The first-order valence-electron chi connectivity index (χ1n) is 7.32. The van der Waals surface area contributed by atoms with E-state index in [2.05, 4.69) is 48.3 Å². The third-order valence-corrected chi connectivity index (χ3v) is 4.50. The van der Waals surface area contributed by atoms with Gasteiger partial charge in [-0.2, -0.15) is 0 Å². The lowest BCUT2D eigenvalue weighted by Crippen LogP contribution is -2.53. The van der Waals surface area contributed by atoms with Crippen LogP contribution in [0.5, 0.6) is 0 Å². The Bertz CT molecular complexity index is 444. The molecule has 1 fully saturated rings. The second kappa shape index (κ2) is 5.14. The quantitative estimate of drug-likeness (QED) is 0.904. The van der Waals surface area contributed by atoms with E-state index in [0.29, 0.717) is 5.92 Å². The lowest BCUT2D eigenvalue weighted by Gasteiger charge is -2.42. The number of fused-ring (bicyclic) bond motifs is 1. The lowest BCUT2D eigenvalue weighted by molar-refractivity contribution is -0.0516. The van der Waals surface area contributed by atoms with E-state index in [1.807, 2.05) is 0 Å². The summed E-state index contributed by atoms with van der Waals surface area (Å²) in [6, 6.07) is 8.72. The van der Waals surface area contributed by atoms with Crippen molar-refractivity contribution in [3.8, 4) is 0 Å². The van der Waals surface area contributed by atoms with Crippen molar-refractivity contribution in [3.05, 3.63) is 29.8 Å². The summed E-state index contributed by atoms with van der Waals surface area (Å²) in [5.41, 5.74) is 3.01. The normalized spacial score (nSPS) is 25.9. The Morgan fingerprint density at radius 1 is 1.37 bits per heavy atom. The van der Waals surface area contributed by atoms with Gasteiger partial charge < -0.3 is 10.1 Å². The predicted octanol–water partition coefficient (Wildman–Crippen LogP) is 2.70. The third kappa shape index (κ3) is 2.63. The van der Waals surface area contributed by atoms with E-state index < -0.39 is 0 Å². The van der Waals surface area contributed by atoms with E-state index in [-0.39, 0.29) is 5.54 Å². The molecule has 0 amide bonds. The summed E-state index contributed by atoms with van der Waals surface area (Å²) in [5, 5.41) is 3.52. The van der Waals surface area contributed by atoms with Gasteiger partial charge in [-0.1, -0.05) is 18.2 Å². The molecular formula is C16H24N2O. The van der Waals surface area contributed by atoms with Crippen molar-refractivity contribution in [3.63, 3.8) is 0 Å². The van der Waals surface area contributed by atoms with Crippen LogP contribution in [0.2, 0.25) is 0 Å². The molecule has 1 unspecified atom stereocenters. The van der Waals surface area contributed by atoms with E-state index >= 15 is 0 Å². The van der Waals surface area contributed by atoms with Crippen molar-refractivity contribution in [2.24, 2.45) is 0 Å².